The Morgan fingerprint density at radius 3 is 2.09 bits per heavy atom. The Morgan fingerprint density at radius 1 is 0.955 bits per heavy atom. The summed E-state index contributed by atoms with van der Waals surface area (Å²) >= 11 is 0. The van der Waals surface area contributed by atoms with E-state index in [1.807, 2.05) is 30.3 Å². The highest BCUT2D eigenvalue weighted by atomic mass is 16.5. The second kappa shape index (κ2) is 10.4. The predicted molar refractivity (Wildman–Crippen MR) is 97.5 cm³/mol. The molecule has 0 radical (unpaired) electrons. The summed E-state index contributed by atoms with van der Waals surface area (Å²) in [6, 6.07) is 9.38. The maximum absolute atomic E-state index is 5.76. The third-order valence-corrected chi connectivity index (χ3v) is 4.02. The quantitative estimate of drug-likeness (QED) is 0.508. The van der Waals surface area contributed by atoms with Crippen molar-refractivity contribution in [1.82, 2.24) is 4.90 Å². The van der Waals surface area contributed by atoms with Crippen LogP contribution in [0.15, 0.2) is 30.8 Å². The van der Waals surface area contributed by atoms with Crippen molar-refractivity contribution in [2.75, 3.05) is 13.2 Å². The smallest absolute Gasteiger partial charge is 0.119 e. The lowest BCUT2D eigenvalue weighted by molar-refractivity contribution is 0.171. The van der Waals surface area contributed by atoms with Crippen LogP contribution >= 0.6 is 0 Å². The summed E-state index contributed by atoms with van der Waals surface area (Å²) in [5.74, 6) is 0.955. The highest BCUT2D eigenvalue weighted by Gasteiger charge is 2.11. The molecule has 0 aliphatic carbocycles. The van der Waals surface area contributed by atoms with Gasteiger partial charge in [0.05, 0.1) is 6.61 Å². The molecule has 0 spiro atoms. The molecule has 1 aromatic carbocycles. The van der Waals surface area contributed by atoms with E-state index < -0.39 is 0 Å². The summed E-state index contributed by atoms with van der Waals surface area (Å²) in [5.41, 5.74) is 1.13. The summed E-state index contributed by atoms with van der Waals surface area (Å²) < 4.78 is 5.76. The van der Waals surface area contributed by atoms with Gasteiger partial charge in [0, 0.05) is 12.1 Å². The first-order chi connectivity index (χ1) is 10.5. The number of nitrogens with zero attached hydrogens (tertiary/aromatic N) is 1. The molecular formula is C20H33NO. The van der Waals surface area contributed by atoms with Gasteiger partial charge >= 0.3 is 0 Å². The van der Waals surface area contributed by atoms with Crippen LogP contribution in [0.2, 0.25) is 0 Å². The maximum Gasteiger partial charge on any atom is 0.119 e. The fraction of sp³-hybridized carbons (Fsp3) is 0.600. The fourth-order valence-corrected chi connectivity index (χ4v) is 2.75. The van der Waals surface area contributed by atoms with Crippen LogP contribution in [0.25, 0.3) is 6.08 Å². The summed E-state index contributed by atoms with van der Waals surface area (Å²) in [6.07, 6.45) is 6.79. The molecule has 1 rings (SSSR count). The van der Waals surface area contributed by atoms with Gasteiger partial charge < -0.3 is 4.74 Å². The minimum absolute atomic E-state index is 0.641. The molecule has 0 aliphatic rings. The van der Waals surface area contributed by atoms with E-state index in [-0.39, 0.29) is 0 Å². The molecule has 0 heterocycles. The van der Waals surface area contributed by atoms with Crippen molar-refractivity contribution in [3.8, 4) is 5.75 Å². The number of rotatable bonds is 11. The van der Waals surface area contributed by atoms with E-state index in [1.54, 1.807) is 0 Å². The zero-order valence-corrected chi connectivity index (χ0v) is 14.8. The van der Waals surface area contributed by atoms with Crippen LogP contribution in [0.4, 0.5) is 0 Å². The van der Waals surface area contributed by atoms with E-state index in [2.05, 4.69) is 39.2 Å². The molecule has 0 aliphatic heterocycles. The van der Waals surface area contributed by atoms with Crippen LogP contribution in [-0.2, 0) is 0 Å². The Hall–Kier alpha value is -1.28. The van der Waals surface area contributed by atoms with Crippen molar-refractivity contribution in [3.05, 3.63) is 36.4 Å². The second-order valence-corrected chi connectivity index (χ2v) is 6.46. The average molecular weight is 303 g/mol. The van der Waals surface area contributed by atoms with E-state index in [1.165, 1.54) is 25.8 Å². The van der Waals surface area contributed by atoms with Gasteiger partial charge in [0.25, 0.3) is 0 Å². The minimum atomic E-state index is 0.641. The van der Waals surface area contributed by atoms with Gasteiger partial charge in [-0.3, -0.25) is 4.90 Å². The zero-order chi connectivity index (χ0) is 16.4. The second-order valence-electron chi connectivity index (χ2n) is 6.46. The summed E-state index contributed by atoms with van der Waals surface area (Å²) in [7, 11) is 0. The molecule has 0 fully saturated rings. The third-order valence-electron chi connectivity index (χ3n) is 4.02. The Morgan fingerprint density at radius 2 is 1.55 bits per heavy atom. The van der Waals surface area contributed by atoms with Crippen LogP contribution in [0.5, 0.6) is 5.75 Å². The lowest BCUT2D eigenvalue weighted by Crippen LogP contribution is -2.37. The number of ether oxygens (including phenoxy) is 1. The largest absolute Gasteiger partial charge is 0.494 e. The number of hydrogen-bond acceptors (Lipinski definition) is 2. The van der Waals surface area contributed by atoms with Crippen molar-refractivity contribution in [1.29, 1.82) is 0 Å². The standard InChI is InChI=1S/C20H33NO/c1-6-19-11-13-20(14-12-19)22-16-10-8-7-9-15-21(17(2)3)18(4)5/h6,11-14,17-18H,1,7-10,15-16H2,2-5H3. The van der Waals surface area contributed by atoms with Gasteiger partial charge in [-0.05, 0) is 64.8 Å². The Balaban J connectivity index is 2.09. The Labute approximate surface area is 137 Å². The Kier molecular flexibility index (Phi) is 8.91. The van der Waals surface area contributed by atoms with Crippen molar-refractivity contribution in [2.24, 2.45) is 0 Å². The first kappa shape index (κ1) is 18.8. The molecule has 0 saturated carbocycles. The summed E-state index contributed by atoms with van der Waals surface area (Å²) in [6.45, 7) is 14.9. The molecular weight excluding hydrogens is 270 g/mol. The monoisotopic (exact) mass is 303 g/mol. The molecule has 0 bridgehead atoms. The van der Waals surface area contributed by atoms with E-state index in [9.17, 15) is 0 Å². The van der Waals surface area contributed by atoms with E-state index >= 15 is 0 Å². The van der Waals surface area contributed by atoms with Crippen LogP contribution in [0, 0.1) is 0 Å². The predicted octanol–water partition coefficient (Wildman–Crippen LogP) is 5.39. The first-order valence-electron chi connectivity index (χ1n) is 8.65. The number of benzene rings is 1. The van der Waals surface area contributed by atoms with Gasteiger partial charge in [-0.15, -0.1) is 0 Å². The lowest BCUT2D eigenvalue weighted by Gasteiger charge is -2.30. The van der Waals surface area contributed by atoms with Gasteiger partial charge in [0.2, 0.25) is 0 Å². The van der Waals surface area contributed by atoms with Crippen molar-refractivity contribution in [2.45, 2.75) is 65.5 Å². The molecule has 2 heteroatoms. The van der Waals surface area contributed by atoms with Gasteiger partial charge in [0.15, 0.2) is 0 Å². The lowest BCUT2D eigenvalue weighted by atomic mass is 10.1. The fourth-order valence-electron chi connectivity index (χ4n) is 2.75. The highest BCUT2D eigenvalue weighted by Crippen LogP contribution is 2.14. The van der Waals surface area contributed by atoms with Gasteiger partial charge in [-0.25, -0.2) is 0 Å². The maximum atomic E-state index is 5.76. The zero-order valence-electron chi connectivity index (χ0n) is 14.8. The molecule has 0 atom stereocenters. The molecule has 0 amide bonds. The molecule has 2 nitrogen and oxygen atoms in total. The third kappa shape index (κ3) is 7.13. The SMILES string of the molecule is C=Cc1ccc(OCCCCCCN(C(C)C)C(C)C)cc1. The topological polar surface area (TPSA) is 12.5 Å². The van der Waals surface area contributed by atoms with Crippen LogP contribution < -0.4 is 4.74 Å². The van der Waals surface area contributed by atoms with Gasteiger partial charge in [-0.2, -0.15) is 0 Å². The molecule has 22 heavy (non-hydrogen) atoms. The Bertz CT molecular complexity index is 400. The van der Waals surface area contributed by atoms with Gasteiger partial charge in [-0.1, -0.05) is 37.6 Å². The van der Waals surface area contributed by atoms with Crippen molar-refractivity contribution < 1.29 is 4.74 Å². The van der Waals surface area contributed by atoms with Crippen molar-refractivity contribution >= 4 is 6.08 Å². The molecule has 0 N–H and O–H groups in total. The van der Waals surface area contributed by atoms with E-state index in [0.29, 0.717) is 12.1 Å². The molecule has 124 valence electrons. The molecule has 0 saturated heterocycles. The van der Waals surface area contributed by atoms with Crippen molar-refractivity contribution in [3.63, 3.8) is 0 Å². The molecule has 0 aromatic heterocycles. The minimum Gasteiger partial charge on any atom is -0.494 e. The number of hydrogen-bond donors (Lipinski definition) is 0. The first-order valence-corrected chi connectivity index (χ1v) is 8.65. The van der Waals surface area contributed by atoms with Crippen LogP contribution in [0.1, 0.15) is 58.9 Å². The van der Waals surface area contributed by atoms with Crippen LogP contribution in [-0.4, -0.2) is 30.1 Å². The van der Waals surface area contributed by atoms with Crippen LogP contribution in [0.3, 0.4) is 0 Å². The average Bonchev–Trinajstić information content (AvgIpc) is 2.49. The molecule has 1 aromatic rings. The molecule has 0 unspecified atom stereocenters. The highest BCUT2D eigenvalue weighted by molar-refractivity contribution is 5.48. The summed E-state index contributed by atoms with van der Waals surface area (Å²) in [4.78, 5) is 2.57. The van der Waals surface area contributed by atoms with Gasteiger partial charge in [0.1, 0.15) is 5.75 Å². The van der Waals surface area contributed by atoms with E-state index in [4.69, 9.17) is 4.74 Å². The summed E-state index contributed by atoms with van der Waals surface area (Å²) in [5, 5.41) is 0. The normalized spacial score (nSPS) is 11.4. The van der Waals surface area contributed by atoms with E-state index in [0.717, 1.165) is 24.3 Å². The number of unbranched alkanes of at least 4 members (excludes halogenated alkanes) is 3.